The highest BCUT2D eigenvalue weighted by molar-refractivity contribution is 5.09. The molecule has 0 aromatic carbocycles. The molecule has 0 saturated heterocycles. The summed E-state index contributed by atoms with van der Waals surface area (Å²) in [7, 11) is 0. The van der Waals surface area contributed by atoms with E-state index in [2.05, 4.69) is 10.0 Å². The normalized spacial score (nSPS) is 12.2. The molecule has 1 aromatic rings. The molecule has 0 saturated carbocycles. The molecule has 0 amide bonds. The van der Waals surface area contributed by atoms with Crippen molar-refractivity contribution in [3.63, 3.8) is 0 Å². The quantitative estimate of drug-likeness (QED) is 0.424. The highest BCUT2D eigenvalue weighted by atomic mass is 16.3. The van der Waals surface area contributed by atoms with Gasteiger partial charge >= 0.3 is 0 Å². The molecule has 0 aliphatic heterocycles. The minimum Gasteiger partial charge on any atom is -0.466 e. The van der Waals surface area contributed by atoms with Crippen LogP contribution >= 0.6 is 0 Å². The lowest BCUT2D eigenvalue weighted by atomic mass is 10.2. The Morgan fingerprint density at radius 3 is 2.92 bits per heavy atom. The molecule has 1 unspecified atom stereocenters. The van der Waals surface area contributed by atoms with Crippen LogP contribution in [0.2, 0.25) is 0 Å². The summed E-state index contributed by atoms with van der Waals surface area (Å²) in [5.74, 6) is 1.23. The van der Waals surface area contributed by atoms with Gasteiger partial charge in [0.05, 0.1) is 6.61 Å². The molecule has 1 rings (SSSR count). The molecular weight excluding hydrogens is 158 g/mol. The Labute approximate surface area is 69.2 Å². The second kappa shape index (κ2) is 3.80. The molecule has 0 aliphatic rings. The van der Waals surface area contributed by atoms with Crippen LogP contribution in [0.5, 0.6) is 0 Å². The number of aliphatic hydroxyl groups excluding tert-OH is 1. The second-order valence-electron chi connectivity index (χ2n) is 2.35. The Kier molecular flexibility index (Phi) is 2.74. The molecule has 0 bridgehead atoms. The Hall–Kier alpha value is -1.45. The summed E-state index contributed by atoms with van der Waals surface area (Å²) in [5, 5.41) is 12.2. The van der Waals surface area contributed by atoms with E-state index in [0.29, 0.717) is 5.76 Å². The second-order valence-corrected chi connectivity index (χ2v) is 2.35. The van der Waals surface area contributed by atoms with Gasteiger partial charge in [0.1, 0.15) is 17.6 Å². The number of hydrogen-bond donors (Lipinski definition) is 1. The van der Waals surface area contributed by atoms with Crippen LogP contribution in [0.25, 0.3) is 10.4 Å². The van der Waals surface area contributed by atoms with Gasteiger partial charge in [0.15, 0.2) is 0 Å². The molecule has 0 radical (unpaired) electrons. The maximum atomic E-state index is 8.79. The summed E-state index contributed by atoms with van der Waals surface area (Å²) in [4.78, 5) is 2.60. The van der Waals surface area contributed by atoms with Crippen LogP contribution in [0, 0.1) is 6.92 Å². The molecule has 0 spiro atoms. The van der Waals surface area contributed by atoms with Gasteiger partial charge in [-0.1, -0.05) is 5.11 Å². The van der Waals surface area contributed by atoms with Gasteiger partial charge in [-0.05, 0) is 24.6 Å². The zero-order chi connectivity index (χ0) is 8.97. The first kappa shape index (κ1) is 8.64. The number of furan rings is 1. The van der Waals surface area contributed by atoms with E-state index in [-0.39, 0.29) is 6.61 Å². The lowest BCUT2D eigenvalue weighted by molar-refractivity contribution is 0.250. The van der Waals surface area contributed by atoms with Gasteiger partial charge in [-0.25, -0.2) is 0 Å². The summed E-state index contributed by atoms with van der Waals surface area (Å²) in [5.41, 5.74) is 8.14. The maximum absolute atomic E-state index is 8.79. The minimum absolute atomic E-state index is 0.239. The average Bonchev–Trinajstić information content (AvgIpc) is 2.47. The highest BCUT2D eigenvalue weighted by Gasteiger charge is 2.11. The van der Waals surface area contributed by atoms with E-state index in [0.717, 1.165) is 5.76 Å². The van der Waals surface area contributed by atoms with Crippen molar-refractivity contribution in [2.75, 3.05) is 6.61 Å². The summed E-state index contributed by atoms with van der Waals surface area (Å²) < 4.78 is 5.16. The van der Waals surface area contributed by atoms with E-state index >= 15 is 0 Å². The van der Waals surface area contributed by atoms with Gasteiger partial charge in [-0.15, -0.1) is 0 Å². The number of aryl methyl sites for hydroxylation is 1. The SMILES string of the molecule is Cc1ccc(C(CO)N=[N+]=[N-])o1. The van der Waals surface area contributed by atoms with Crippen molar-refractivity contribution in [1.29, 1.82) is 0 Å². The summed E-state index contributed by atoms with van der Waals surface area (Å²) >= 11 is 0. The predicted molar refractivity (Wildman–Crippen MR) is 42.4 cm³/mol. The van der Waals surface area contributed by atoms with Crippen LogP contribution in [0.15, 0.2) is 21.7 Å². The minimum atomic E-state index is -0.608. The number of azide groups is 1. The third-order valence-corrected chi connectivity index (χ3v) is 1.45. The molecular formula is C7H9N3O2. The van der Waals surface area contributed by atoms with Gasteiger partial charge < -0.3 is 9.52 Å². The Bertz CT molecular complexity index is 301. The molecule has 5 heteroatoms. The smallest absolute Gasteiger partial charge is 0.118 e. The van der Waals surface area contributed by atoms with E-state index < -0.39 is 6.04 Å². The van der Waals surface area contributed by atoms with Gasteiger partial charge in [0.25, 0.3) is 0 Å². The maximum Gasteiger partial charge on any atom is 0.118 e. The molecule has 5 nitrogen and oxygen atoms in total. The molecule has 1 aromatic heterocycles. The standard InChI is InChI=1S/C7H9N3O2/c1-5-2-3-7(12-5)6(4-11)9-10-8/h2-3,6,11H,4H2,1H3. The van der Waals surface area contributed by atoms with Crippen molar-refractivity contribution in [3.05, 3.63) is 34.1 Å². The lowest BCUT2D eigenvalue weighted by Gasteiger charge is -2.01. The van der Waals surface area contributed by atoms with Crippen LogP contribution < -0.4 is 0 Å². The first-order chi connectivity index (χ1) is 5.77. The van der Waals surface area contributed by atoms with Crippen LogP contribution in [0.1, 0.15) is 17.6 Å². The predicted octanol–water partition coefficient (Wildman–Crippen LogP) is 1.93. The average molecular weight is 167 g/mol. The first-order valence-electron chi connectivity index (χ1n) is 3.49. The fraction of sp³-hybridized carbons (Fsp3) is 0.429. The summed E-state index contributed by atoms with van der Waals surface area (Å²) in [6, 6.07) is 2.83. The van der Waals surface area contributed by atoms with Gasteiger partial charge in [-0.3, -0.25) is 0 Å². The molecule has 0 fully saturated rings. The van der Waals surface area contributed by atoms with E-state index in [1.54, 1.807) is 19.1 Å². The van der Waals surface area contributed by atoms with E-state index in [1.165, 1.54) is 0 Å². The van der Waals surface area contributed by atoms with Crippen LogP contribution in [0.3, 0.4) is 0 Å². The Balaban J connectivity index is 2.86. The topological polar surface area (TPSA) is 82.1 Å². The summed E-state index contributed by atoms with van der Waals surface area (Å²) in [6.45, 7) is 1.55. The fourth-order valence-electron chi connectivity index (χ4n) is 0.878. The molecule has 0 aliphatic carbocycles. The van der Waals surface area contributed by atoms with Crippen molar-refractivity contribution in [2.45, 2.75) is 13.0 Å². The number of aliphatic hydroxyl groups is 1. The molecule has 1 N–H and O–H groups in total. The van der Waals surface area contributed by atoms with Gasteiger partial charge in [0.2, 0.25) is 0 Å². The van der Waals surface area contributed by atoms with Crippen molar-refractivity contribution in [3.8, 4) is 0 Å². The molecule has 12 heavy (non-hydrogen) atoms. The summed E-state index contributed by atoms with van der Waals surface area (Å²) in [6.07, 6.45) is 0. The van der Waals surface area contributed by atoms with Gasteiger partial charge in [-0.2, -0.15) is 0 Å². The van der Waals surface area contributed by atoms with E-state index in [9.17, 15) is 0 Å². The Morgan fingerprint density at radius 1 is 1.75 bits per heavy atom. The Morgan fingerprint density at radius 2 is 2.50 bits per heavy atom. The zero-order valence-electron chi connectivity index (χ0n) is 6.64. The van der Waals surface area contributed by atoms with Crippen LogP contribution in [0.4, 0.5) is 0 Å². The molecule has 1 atom stereocenters. The molecule has 64 valence electrons. The highest BCUT2D eigenvalue weighted by Crippen LogP contribution is 2.19. The van der Waals surface area contributed by atoms with Crippen LogP contribution in [-0.4, -0.2) is 11.7 Å². The fourth-order valence-corrected chi connectivity index (χ4v) is 0.878. The third kappa shape index (κ3) is 1.78. The first-order valence-corrected chi connectivity index (χ1v) is 3.49. The number of nitrogens with zero attached hydrogens (tertiary/aromatic N) is 3. The third-order valence-electron chi connectivity index (χ3n) is 1.45. The number of hydrogen-bond acceptors (Lipinski definition) is 3. The van der Waals surface area contributed by atoms with Crippen molar-refractivity contribution < 1.29 is 9.52 Å². The van der Waals surface area contributed by atoms with Crippen LogP contribution in [-0.2, 0) is 0 Å². The van der Waals surface area contributed by atoms with Crippen molar-refractivity contribution >= 4 is 0 Å². The zero-order valence-corrected chi connectivity index (χ0v) is 6.64. The van der Waals surface area contributed by atoms with E-state index in [1.807, 2.05) is 0 Å². The number of rotatable bonds is 3. The van der Waals surface area contributed by atoms with E-state index in [4.69, 9.17) is 15.1 Å². The van der Waals surface area contributed by atoms with Crippen molar-refractivity contribution in [1.82, 2.24) is 0 Å². The molecule has 1 heterocycles. The monoisotopic (exact) mass is 167 g/mol. The van der Waals surface area contributed by atoms with Crippen molar-refractivity contribution in [2.24, 2.45) is 5.11 Å². The largest absolute Gasteiger partial charge is 0.466 e. The lowest BCUT2D eigenvalue weighted by Crippen LogP contribution is -1.97. The van der Waals surface area contributed by atoms with Gasteiger partial charge in [0, 0.05) is 4.91 Å².